The fraction of sp³-hybridized carbons (Fsp3) is 0.958. The molecule has 1 unspecified atom stereocenters. The molecule has 0 aromatic heterocycles. The normalized spacial score (nSPS) is 43.1. The highest BCUT2D eigenvalue weighted by molar-refractivity contribution is 5.77. The Morgan fingerprint density at radius 1 is 0.952 bits per heavy atom. The number of methoxy groups -OCH3 is 1. The summed E-state index contributed by atoms with van der Waals surface area (Å²) in [4.78, 5) is 34.0. The van der Waals surface area contributed by atoms with Gasteiger partial charge in [-0.1, -0.05) is 41.5 Å². The molecular formula is C48H91N3O12. The van der Waals surface area contributed by atoms with E-state index in [-0.39, 0.29) is 43.1 Å². The molecule has 15 heteroatoms. The quantitative estimate of drug-likeness (QED) is 0.141. The molecule has 0 spiro atoms. The molecule has 3 rings (SSSR count). The van der Waals surface area contributed by atoms with E-state index in [2.05, 4.69) is 18.7 Å². The predicted octanol–water partition coefficient (Wildman–Crippen LogP) is 4.89. The SMILES string of the molecule is CC[C@H]1OC(=O)[C@H](C)[C@@H](O[C@H]2C[C@@](C)(OC)[C@@H](OCCCN(CC)CC)[C@H](C)O2)[C@H](C)[C@@H](O[C@@H]2O[C@H](C)C[C@H](N(C)C)[C@H]2O)[C@](C)(O)C[C@@H](C)CN(C)[C@H](C)C(O)[C@]1(C)CC(C)=O. The lowest BCUT2D eigenvalue weighted by atomic mass is 9.71. The molecule has 63 heavy (non-hydrogen) atoms. The van der Waals surface area contributed by atoms with Crippen LogP contribution in [0.4, 0.5) is 0 Å². The lowest BCUT2D eigenvalue weighted by Gasteiger charge is -2.49. The third-order valence-electron chi connectivity index (χ3n) is 14.8. The number of Topliss-reactive ketones (excluding diaryl/α,β-unsaturated/α-hetero) is 1. The van der Waals surface area contributed by atoms with Crippen LogP contribution in [-0.4, -0.2) is 188 Å². The molecule has 0 radical (unpaired) electrons. The summed E-state index contributed by atoms with van der Waals surface area (Å²) < 4.78 is 45.9. The Morgan fingerprint density at radius 2 is 1.59 bits per heavy atom. The Morgan fingerprint density at radius 3 is 2.14 bits per heavy atom. The maximum absolute atomic E-state index is 14.8. The molecule has 18 atom stereocenters. The van der Waals surface area contributed by atoms with Crippen LogP contribution in [0, 0.1) is 23.2 Å². The van der Waals surface area contributed by atoms with Gasteiger partial charge in [0.15, 0.2) is 12.6 Å². The lowest BCUT2D eigenvalue weighted by molar-refractivity contribution is -0.320. The Kier molecular flexibility index (Phi) is 21.4. The number of hydrogen-bond donors (Lipinski definition) is 3. The number of aliphatic hydroxyl groups excluding tert-OH is 2. The number of hydrogen-bond acceptors (Lipinski definition) is 15. The Balaban J connectivity index is 2.16. The predicted molar refractivity (Wildman–Crippen MR) is 243 cm³/mol. The fourth-order valence-corrected chi connectivity index (χ4v) is 11.0. The van der Waals surface area contributed by atoms with Gasteiger partial charge in [-0.3, -0.25) is 4.79 Å². The number of likely N-dealkylation sites (N-methyl/N-ethyl adjacent to an activating group) is 2. The van der Waals surface area contributed by atoms with Crippen LogP contribution in [-0.2, 0) is 42.7 Å². The summed E-state index contributed by atoms with van der Waals surface area (Å²) in [5.41, 5.74) is -3.49. The van der Waals surface area contributed by atoms with Gasteiger partial charge in [0.05, 0.1) is 47.6 Å². The molecule has 3 N–H and O–H groups in total. The minimum atomic E-state index is -1.55. The van der Waals surface area contributed by atoms with Gasteiger partial charge in [0, 0.05) is 63.1 Å². The number of ether oxygens (including phenoxy) is 7. The highest BCUT2D eigenvalue weighted by atomic mass is 16.7. The average molecular weight is 902 g/mol. The van der Waals surface area contributed by atoms with Crippen LogP contribution < -0.4 is 0 Å². The van der Waals surface area contributed by atoms with Gasteiger partial charge >= 0.3 is 5.97 Å². The Hall–Kier alpha value is -1.34. The lowest BCUT2D eigenvalue weighted by Crippen LogP contribution is -2.61. The Bertz CT molecular complexity index is 1400. The topological polar surface area (TPSA) is 169 Å². The highest BCUT2D eigenvalue weighted by Gasteiger charge is 2.53. The van der Waals surface area contributed by atoms with Crippen LogP contribution in [0.15, 0.2) is 0 Å². The van der Waals surface area contributed by atoms with E-state index in [9.17, 15) is 24.9 Å². The minimum Gasteiger partial charge on any atom is -0.461 e. The van der Waals surface area contributed by atoms with Crippen LogP contribution >= 0.6 is 0 Å². The van der Waals surface area contributed by atoms with Crippen molar-refractivity contribution in [2.24, 2.45) is 23.2 Å². The first-order valence-electron chi connectivity index (χ1n) is 24.0. The smallest absolute Gasteiger partial charge is 0.311 e. The van der Waals surface area contributed by atoms with Gasteiger partial charge in [0.1, 0.15) is 24.1 Å². The van der Waals surface area contributed by atoms with Gasteiger partial charge < -0.3 is 68.0 Å². The summed E-state index contributed by atoms with van der Waals surface area (Å²) in [6, 6.07) is -0.709. The molecule has 0 aromatic rings. The van der Waals surface area contributed by atoms with Gasteiger partial charge in [0.25, 0.3) is 0 Å². The van der Waals surface area contributed by atoms with Crippen molar-refractivity contribution in [2.45, 2.75) is 213 Å². The molecule has 3 aliphatic rings. The number of nitrogens with zero attached hydrogens (tertiary/aromatic N) is 3. The molecule has 0 aliphatic carbocycles. The van der Waals surface area contributed by atoms with Gasteiger partial charge in [0.2, 0.25) is 0 Å². The zero-order chi connectivity index (χ0) is 47.8. The van der Waals surface area contributed by atoms with Crippen LogP contribution in [0.3, 0.4) is 0 Å². The second-order valence-electron chi connectivity index (χ2n) is 20.6. The maximum Gasteiger partial charge on any atom is 0.311 e. The van der Waals surface area contributed by atoms with E-state index in [4.69, 9.17) is 33.2 Å². The van der Waals surface area contributed by atoms with E-state index in [1.165, 1.54) is 6.92 Å². The number of carbonyl (C=O) groups is 2. The van der Waals surface area contributed by atoms with E-state index >= 15 is 0 Å². The molecule has 0 saturated carbocycles. The fourth-order valence-electron chi connectivity index (χ4n) is 11.0. The summed E-state index contributed by atoms with van der Waals surface area (Å²) in [7, 11) is 7.39. The van der Waals surface area contributed by atoms with Gasteiger partial charge in [-0.2, -0.15) is 0 Å². The number of carbonyl (C=O) groups excluding carboxylic acids is 2. The van der Waals surface area contributed by atoms with Crippen molar-refractivity contribution in [3.05, 3.63) is 0 Å². The van der Waals surface area contributed by atoms with Crippen molar-refractivity contribution in [3.63, 3.8) is 0 Å². The maximum atomic E-state index is 14.8. The van der Waals surface area contributed by atoms with Crippen molar-refractivity contribution in [2.75, 3.05) is 61.0 Å². The van der Waals surface area contributed by atoms with E-state index in [0.29, 0.717) is 26.0 Å². The summed E-state index contributed by atoms with van der Waals surface area (Å²) in [5, 5.41) is 36.7. The summed E-state index contributed by atoms with van der Waals surface area (Å²) in [6.45, 7) is 28.5. The standard InChI is InChI=1S/C48H91N3O12/c1-18-37-46(11,26-30(5)52)41(54)34(9)50(16)28-29(4)25-47(12,56)42(63-45-39(53)36(49(14)15)24-31(6)59-45)32(7)40(33(8)44(55)61-37)62-38-27-48(13,57-17)43(35(10)60-38)58-23-21-22-51(19-2)20-3/h29,31-43,45,53-54,56H,18-28H2,1-17H3/t29-,31-,32+,33-,34-,35+,36+,37-,38+,39-,40+,41?,42-,43+,45+,46-,47-,48-/m1/s1. The third kappa shape index (κ3) is 14.1. The molecule has 0 amide bonds. The summed E-state index contributed by atoms with van der Waals surface area (Å²) >= 11 is 0. The van der Waals surface area contributed by atoms with E-state index in [1.807, 2.05) is 86.3 Å². The highest BCUT2D eigenvalue weighted by Crippen LogP contribution is 2.42. The monoisotopic (exact) mass is 902 g/mol. The molecule has 3 heterocycles. The van der Waals surface area contributed by atoms with Crippen LogP contribution in [0.2, 0.25) is 0 Å². The second-order valence-corrected chi connectivity index (χ2v) is 20.6. The van der Waals surface area contributed by atoms with Crippen LogP contribution in [0.5, 0.6) is 0 Å². The van der Waals surface area contributed by atoms with Gasteiger partial charge in [-0.05, 0) is 114 Å². The molecule has 3 saturated heterocycles. The molecule has 0 bridgehead atoms. The average Bonchev–Trinajstić information content (AvgIpc) is 3.20. The van der Waals surface area contributed by atoms with Crippen LogP contribution in [0.25, 0.3) is 0 Å². The molecule has 370 valence electrons. The van der Waals surface area contributed by atoms with Crippen molar-refractivity contribution in [1.29, 1.82) is 0 Å². The first-order chi connectivity index (χ1) is 29.3. The van der Waals surface area contributed by atoms with Crippen molar-refractivity contribution < 1.29 is 58.1 Å². The minimum absolute atomic E-state index is 0.00120. The van der Waals surface area contributed by atoms with Crippen molar-refractivity contribution >= 4 is 11.8 Å². The zero-order valence-corrected chi connectivity index (χ0v) is 42.3. The number of ketones is 1. The number of aliphatic hydroxyl groups is 3. The molecule has 15 nitrogen and oxygen atoms in total. The Labute approximate surface area is 381 Å². The van der Waals surface area contributed by atoms with Gasteiger partial charge in [-0.15, -0.1) is 0 Å². The van der Waals surface area contributed by atoms with E-state index in [1.54, 1.807) is 21.0 Å². The molecular weight excluding hydrogens is 811 g/mol. The first kappa shape index (κ1) is 56.0. The molecule has 3 aliphatic heterocycles. The van der Waals surface area contributed by atoms with Gasteiger partial charge in [-0.25, -0.2) is 0 Å². The zero-order valence-electron chi connectivity index (χ0n) is 42.3. The van der Waals surface area contributed by atoms with E-state index in [0.717, 1.165) is 26.1 Å². The molecule has 3 fully saturated rings. The molecule has 0 aromatic carbocycles. The van der Waals surface area contributed by atoms with E-state index < -0.39 is 95.8 Å². The summed E-state index contributed by atoms with van der Waals surface area (Å²) in [6.07, 6.45) is -5.69. The van der Waals surface area contributed by atoms with Crippen molar-refractivity contribution in [1.82, 2.24) is 14.7 Å². The first-order valence-corrected chi connectivity index (χ1v) is 24.0. The third-order valence-corrected chi connectivity index (χ3v) is 14.8. The van der Waals surface area contributed by atoms with Crippen molar-refractivity contribution in [3.8, 4) is 0 Å². The largest absolute Gasteiger partial charge is 0.461 e. The van der Waals surface area contributed by atoms with Crippen LogP contribution in [0.1, 0.15) is 129 Å². The summed E-state index contributed by atoms with van der Waals surface area (Å²) in [5.74, 6) is -2.53. The number of rotatable bonds is 16. The second kappa shape index (κ2) is 24.1. The number of cyclic esters (lactones) is 1. The number of esters is 1.